The van der Waals surface area contributed by atoms with Gasteiger partial charge in [0.2, 0.25) is 0 Å². The molecule has 0 radical (unpaired) electrons. The van der Waals surface area contributed by atoms with Crippen LogP contribution in [0.3, 0.4) is 0 Å². The lowest BCUT2D eigenvalue weighted by Crippen LogP contribution is -2.34. The van der Waals surface area contributed by atoms with Crippen LogP contribution in [0.15, 0.2) is 24.3 Å². The molecule has 0 unspecified atom stereocenters. The van der Waals surface area contributed by atoms with E-state index >= 15 is 0 Å². The second-order valence-electron chi connectivity index (χ2n) is 9.03. The molecule has 0 fully saturated rings. The maximum Gasteiger partial charge on any atom is 0.254 e. The largest absolute Gasteiger partial charge is 0.269 e. The van der Waals surface area contributed by atoms with E-state index in [4.69, 9.17) is 0 Å². The van der Waals surface area contributed by atoms with Gasteiger partial charge < -0.3 is 0 Å². The minimum absolute atomic E-state index is 0.0345. The van der Waals surface area contributed by atoms with Gasteiger partial charge in [0, 0.05) is 12.2 Å². The summed E-state index contributed by atoms with van der Waals surface area (Å²) >= 11 is 0. The zero-order chi connectivity index (χ0) is 17.9. The fourth-order valence-electron chi connectivity index (χ4n) is 3.78. The maximum atomic E-state index is 12.2. The molecular formula is C21H27NO2. The summed E-state index contributed by atoms with van der Waals surface area (Å²) < 4.78 is 0. The number of amides is 2. The molecule has 0 bridgehead atoms. The summed E-state index contributed by atoms with van der Waals surface area (Å²) in [4.78, 5) is 25.8. The highest BCUT2D eigenvalue weighted by Crippen LogP contribution is 2.45. The third-order valence-electron chi connectivity index (χ3n) is 5.12. The van der Waals surface area contributed by atoms with Crippen molar-refractivity contribution in [2.24, 2.45) is 0 Å². The molecule has 128 valence electrons. The highest BCUT2D eigenvalue weighted by atomic mass is 16.2. The molecule has 1 aromatic rings. The van der Waals surface area contributed by atoms with Crippen molar-refractivity contribution in [3.63, 3.8) is 0 Å². The SMILES string of the molecule is CC(C)(C)c1cc2c(c(C(C)(C)C)c1)[C@@H](N1C(=O)C=CC1=O)CC2. The summed E-state index contributed by atoms with van der Waals surface area (Å²) in [6.07, 6.45) is 4.52. The number of rotatable bonds is 1. The van der Waals surface area contributed by atoms with Gasteiger partial charge in [-0.1, -0.05) is 53.7 Å². The number of fused-ring (bicyclic) bond motifs is 1. The normalized spacial score (nSPS) is 20.9. The Balaban J connectivity index is 2.17. The summed E-state index contributed by atoms with van der Waals surface area (Å²) in [5, 5.41) is 0. The van der Waals surface area contributed by atoms with Gasteiger partial charge in [0.25, 0.3) is 11.8 Å². The van der Waals surface area contributed by atoms with E-state index in [2.05, 4.69) is 53.7 Å². The first-order valence-corrected chi connectivity index (χ1v) is 8.73. The highest BCUT2D eigenvalue weighted by molar-refractivity contribution is 6.13. The van der Waals surface area contributed by atoms with E-state index in [-0.39, 0.29) is 28.7 Å². The number of hydrogen-bond donors (Lipinski definition) is 0. The van der Waals surface area contributed by atoms with E-state index < -0.39 is 0 Å². The average molecular weight is 325 g/mol. The molecule has 1 aliphatic carbocycles. The number of imide groups is 1. The zero-order valence-electron chi connectivity index (χ0n) is 15.6. The summed E-state index contributed by atoms with van der Waals surface area (Å²) in [6.45, 7) is 13.3. The Hall–Kier alpha value is -1.90. The van der Waals surface area contributed by atoms with Crippen LogP contribution in [0.5, 0.6) is 0 Å². The van der Waals surface area contributed by atoms with E-state index in [1.54, 1.807) is 0 Å². The van der Waals surface area contributed by atoms with Crippen LogP contribution in [-0.4, -0.2) is 16.7 Å². The minimum Gasteiger partial charge on any atom is -0.269 e. The summed E-state index contributed by atoms with van der Waals surface area (Å²) in [5.41, 5.74) is 5.12. The maximum absolute atomic E-state index is 12.2. The second-order valence-corrected chi connectivity index (χ2v) is 9.03. The molecule has 1 aromatic carbocycles. The van der Waals surface area contributed by atoms with E-state index in [1.165, 1.54) is 39.3 Å². The van der Waals surface area contributed by atoms with Crippen molar-refractivity contribution in [3.05, 3.63) is 46.5 Å². The molecule has 1 aliphatic heterocycles. The number of nitrogens with zero attached hydrogens (tertiary/aromatic N) is 1. The molecule has 0 saturated carbocycles. The van der Waals surface area contributed by atoms with Gasteiger partial charge in [-0.25, -0.2) is 0 Å². The van der Waals surface area contributed by atoms with Gasteiger partial charge in [0.1, 0.15) is 0 Å². The van der Waals surface area contributed by atoms with Crippen molar-refractivity contribution in [2.75, 3.05) is 0 Å². The monoisotopic (exact) mass is 325 g/mol. The first kappa shape index (κ1) is 16.9. The predicted octanol–water partition coefficient (Wildman–Crippen LogP) is 4.19. The smallest absolute Gasteiger partial charge is 0.254 e. The number of benzene rings is 1. The van der Waals surface area contributed by atoms with Crippen molar-refractivity contribution in [3.8, 4) is 0 Å². The lowest BCUT2D eigenvalue weighted by atomic mass is 9.76. The Labute approximate surface area is 144 Å². The first-order chi connectivity index (χ1) is 11.0. The first-order valence-electron chi connectivity index (χ1n) is 8.73. The molecule has 2 aliphatic rings. The fourth-order valence-corrected chi connectivity index (χ4v) is 3.78. The lowest BCUT2D eigenvalue weighted by Gasteiger charge is -2.32. The Morgan fingerprint density at radius 3 is 2.00 bits per heavy atom. The summed E-state index contributed by atoms with van der Waals surface area (Å²) in [7, 11) is 0. The molecule has 2 amide bonds. The third kappa shape index (κ3) is 2.70. The van der Waals surface area contributed by atoms with E-state index in [0.29, 0.717) is 0 Å². The van der Waals surface area contributed by atoms with Gasteiger partial charge in [-0.15, -0.1) is 0 Å². The van der Waals surface area contributed by atoms with Crippen LogP contribution in [0, 0.1) is 0 Å². The Morgan fingerprint density at radius 1 is 0.917 bits per heavy atom. The van der Waals surface area contributed by atoms with Crippen molar-refractivity contribution < 1.29 is 9.59 Å². The molecule has 3 heteroatoms. The highest BCUT2D eigenvalue weighted by Gasteiger charge is 2.39. The van der Waals surface area contributed by atoms with E-state index in [9.17, 15) is 9.59 Å². The molecule has 0 spiro atoms. The molecular weight excluding hydrogens is 298 g/mol. The van der Waals surface area contributed by atoms with Gasteiger partial charge in [-0.05, 0) is 45.9 Å². The van der Waals surface area contributed by atoms with Crippen molar-refractivity contribution in [1.82, 2.24) is 4.90 Å². The lowest BCUT2D eigenvalue weighted by molar-refractivity contribution is -0.139. The standard InChI is InChI=1S/C21H27NO2/c1-20(2,3)14-11-13-7-8-16(22-17(23)9-10-18(22)24)19(13)15(12-14)21(4,5)6/h9-12,16H,7-8H2,1-6H3/t16-/m0/s1. The van der Waals surface area contributed by atoms with Gasteiger partial charge in [0.05, 0.1) is 6.04 Å². The topological polar surface area (TPSA) is 37.4 Å². The molecule has 24 heavy (non-hydrogen) atoms. The molecule has 1 atom stereocenters. The minimum atomic E-state index is -0.183. The van der Waals surface area contributed by atoms with Crippen molar-refractivity contribution >= 4 is 11.8 Å². The molecule has 0 N–H and O–H groups in total. The quantitative estimate of drug-likeness (QED) is 0.726. The fraction of sp³-hybridized carbons (Fsp3) is 0.524. The van der Waals surface area contributed by atoms with Gasteiger partial charge in [-0.3, -0.25) is 14.5 Å². The molecule has 0 saturated heterocycles. The van der Waals surface area contributed by atoms with Gasteiger partial charge in [0.15, 0.2) is 0 Å². The number of aryl methyl sites for hydroxylation is 1. The predicted molar refractivity (Wildman–Crippen MR) is 95.9 cm³/mol. The van der Waals surface area contributed by atoms with Crippen molar-refractivity contribution in [2.45, 2.75) is 71.3 Å². The Bertz CT molecular complexity index is 726. The molecule has 3 nitrogen and oxygen atoms in total. The summed E-state index contributed by atoms with van der Waals surface area (Å²) in [6, 6.07) is 4.44. The van der Waals surface area contributed by atoms with Gasteiger partial charge >= 0.3 is 0 Å². The Morgan fingerprint density at radius 2 is 1.50 bits per heavy atom. The van der Waals surface area contributed by atoms with Crippen LogP contribution in [0.4, 0.5) is 0 Å². The zero-order valence-corrected chi connectivity index (χ0v) is 15.6. The van der Waals surface area contributed by atoms with Crippen LogP contribution in [-0.2, 0) is 26.8 Å². The molecule has 1 heterocycles. The van der Waals surface area contributed by atoms with Crippen LogP contribution >= 0.6 is 0 Å². The van der Waals surface area contributed by atoms with E-state index in [0.717, 1.165) is 12.8 Å². The van der Waals surface area contributed by atoms with Crippen molar-refractivity contribution in [1.29, 1.82) is 0 Å². The Kier molecular flexibility index (Phi) is 3.74. The van der Waals surface area contributed by atoms with Crippen LogP contribution in [0.25, 0.3) is 0 Å². The van der Waals surface area contributed by atoms with Crippen LogP contribution in [0.2, 0.25) is 0 Å². The van der Waals surface area contributed by atoms with Crippen LogP contribution in [0.1, 0.15) is 76.3 Å². The molecule has 3 rings (SSSR count). The van der Waals surface area contributed by atoms with E-state index in [1.807, 2.05) is 0 Å². The third-order valence-corrected chi connectivity index (χ3v) is 5.12. The number of carbonyl (C=O) groups excluding carboxylic acids is 2. The van der Waals surface area contributed by atoms with Crippen LogP contribution < -0.4 is 0 Å². The number of hydrogen-bond acceptors (Lipinski definition) is 2. The molecule has 0 aromatic heterocycles. The number of carbonyl (C=O) groups is 2. The second kappa shape index (κ2) is 5.30. The average Bonchev–Trinajstić information content (AvgIpc) is 2.99. The van der Waals surface area contributed by atoms with Gasteiger partial charge in [-0.2, -0.15) is 0 Å². The summed E-state index contributed by atoms with van der Waals surface area (Å²) in [5.74, 6) is -0.366.